The highest BCUT2D eigenvalue weighted by Crippen LogP contribution is 2.14. The van der Waals surface area contributed by atoms with Gasteiger partial charge in [0.1, 0.15) is 0 Å². The van der Waals surface area contributed by atoms with E-state index in [-0.39, 0.29) is 11.7 Å². The highest BCUT2D eigenvalue weighted by atomic mass is 16.7. The summed E-state index contributed by atoms with van der Waals surface area (Å²) in [6.07, 6.45) is 0.236. The second-order valence-corrected chi connectivity index (χ2v) is 3.64. The van der Waals surface area contributed by atoms with Gasteiger partial charge in [-0.1, -0.05) is 0 Å². The van der Waals surface area contributed by atoms with Gasteiger partial charge in [-0.15, -0.1) is 0 Å². The smallest absolute Gasteiger partial charge is 0.0818 e. The van der Waals surface area contributed by atoms with Gasteiger partial charge < -0.3 is 10.2 Å². The molecule has 0 aromatic heterocycles. The molecule has 1 atom stereocenters. The minimum atomic E-state index is 0.0389. The monoisotopic (exact) mass is 160 g/mol. The largest absolute Gasteiger partial charge is 0.303 e. The average Bonchev–Trinajstić information content (AvgIpc) is 1.86. The van der Waals surface area contributed by atoms with E-state index in [1.807, 2.05) is 12.1 Å². The molecule has 1 N–H and O–H groups in total. The topological polar surface area (TPSA) is 24.5 Å². The lowest BCUT2D eigenvalue weighted by molar-refractivity contribution is -0.216. The number of nitrogens with one attached hydrogen (secondary N) is 1. The van der Waals surface area contributed by atoms with Crippen LogP contribution in [0.4, 0.5) is 0 Å². The third kappa shape index (κ3) is 3.18. The lowest BCUT2D eigenvalue weighted by Gasteiger charge is -2.37. The van der Waals surface area contributed by atoms with E-state index in [1.54, 1.807) is 7.11 Å². The predicted octanol–water partition coefficient (Wildman–Crippen LogP) is 1.21. The molecule has 3 nitrogen and oxygen atoms in total. The van der Waals surface area contributed by atoms with E-state index in [9.17, 15) is 0 Å². The van der Waals surface area contributed by atoms with Gasteiger partial charge in [-0.05, 0) is 34.7 Å². The lowest BCUT2D eigenvalue weighted by atomic mass is 10.1. The number of hydrogen-bond donors (Lipinski definition) is 1. The molecule has 3 heteroatoms. The minimum absolute atomic E-state index is 0.0389. The Kier molecular flexibility index (Phi) is 4.00. The first-order valence-electron chi connectivity index (χ1n) is 3.94. The fraction of sp³-hybridized carbons (Fsp3) is 1.00. The van der Waals surface area contributed by atoms with E-state index in [2.05, 4.69) is 33.0 Å². The van der Waals surface area contributed by atoms with Crippen LogP contribution in [0.1, 0.15) is 27.7 Å². The Balaban J connectivity index is 4.16. The van der Waals surface area contributed by atoms with Gasteiger partial charge in [0.2, 0.25) is 0 Å². The third-order valence-corrected chi connectivity index (χ3v) is 1.63. The molecule has 0 fully saturated rings. The molecule has 0 aliphatic heterocycles. The minimum Gasteiger partial charge on any atom is -0.303 e. The van der Waals surface area contributed by atoms with E-state index in [1.165, 1.54) is 0 Å². The molecule has 0 amide bonds. The molecule has 0 radical (unpaired) electrons. The molecule has 0 saturated carbocycles. The molecular weight excluding hydrogens is 140 g/mol. The fourth-order valence-electron chi connectivity index (χ4n) is 1.13. The van der Waals surface area contributed by atoms with Crippen LogP contribution in [0.5, 0.6) is 0 Å². The quantitative estimate of drug-likeness (QED) is 0.496. The maximum atomic E-state index is 5.24. The van der Waals surface area contributed by atoms with Crippen molar-refractivity contribution in [2.45, 2.75) is 39.4 Å². The molecule has 68 valence electrons. The third-order valence-electron chi connectivity index (χ3n) is 1.63. The van der Waals surface area contributed by atoms with Crippen LogP contribution in [0.25, 0.3) is 0 Å². The Morgan fingerprint density at radius 3 is 1.91 bits per heavy atom. The first-order chi connectivity index (χ1) is 4.93. The summed E-state index contributed by atoms with van der Waals surface area (Å²) < 4.78 is 0. The van der Waals surface area contributed by atoms with Crippen LogP contribution >= 0.6 is 0 Å². The van der Waals surface area contributed by atoms with Gasteiger partial charge in [-0.2, -0.15) is 5.06 Å². The van der Waals surface area contributed by atoms with E-state index in [0.717, 1.165) is 0 Å². The first kappa shape index (κ1) is 10.9. The van der Waals surface area contributed by atoms with E-state index >= 15 is 0 Å². The summed E-state index contributed by atoms with van der Waals surface area (Å²) in [5, 5.41) is 5.05. The Hall–Kier alpha value is -0.120. The molecule has 0 aliphatic carbocycles. The summed E-state index contributed by atoms with van der Waals surface area (Å²) in [7, 11) is 3.61. The van der Waals surface area contributed by atoms with Crippen molar-refractivity contribution < 1.29 is 4.84 Å². The van der Waals surface area contributed by atoms with Crippen molar-refractivity contribution in [3.63, 3.8) is 0 Å². The van der Waals surface area contributed by atoms with Crippen molar-refractivity contribution in [3.8, 4) is 0 Å². The summed E-state index contributed by atoms with van der Waals surface area (Å²) in [5.74, 6) is 0. The first-order valence-corrected chi connectivity index (χ1v) is 3.94. The highest BCUT2D eigenvalue weighted by Gasteiger charge is 2.25. The SMILES string of the molecule is CNC(C)N(OC)C(C)(C)C. The van der Waals surface area contributed by atoms with Crippen LogP contribution in [0.2, 0.25) is 0 Å². The molecule has 0 spiro atoms. The standard InChI is InChI=1S/C8H20N2O/c1-7(9-5)10(11-6)8(2,3)4/h7,9H,1-6H3. The van der Waals surface area contributed by atoms with Crippen LogP contribution in [0, 0.1) is 0 Å². The van der Waals surface area contributed by atoms with Crippen molar-refractivity contribution in [2.75, 3.05) is 14.2 Å². The number of hydroxylamine groups is 2. The molecule has 1 unspecified atom stereocenters. The van der Waals surface area contributed by atoms with Crippen LogP contribution in [0.15, 0.2) is 0 Å². The van der Waals surface area contributed by atoms with Gasteiger partial charge in [0.05, 0.1) is 13.3 Å². The number of rotatable bonds is 3. The summed E-state index contributed by atoms with van der Waals surface area (Å²) in [6.45, 7) is 8.41. The van der Waals surface area contributed by atoms with Gasteiger partial charge in [-0.25, -0.2) is 0 Å². The van der Waals surface area contributed by atoms with Gasteiger partial charge >= 0.3 is 0 Å². The molecule has 0 rings (SSSR count). The highest BCUT2D eigenvalue weighted by molar-refractivity contribution is 4.72. The fourth-order valence-corrected chi connectivity index (χ4v) is 1.13. The van der Waals surface area contributed by atoms with Crippen molar-refractivity contribution in [3.05, 3.63) is 0 Å². The van der Waals surface area contributed by atoms with Crippen molar-refractivity contribution in [1.29, 1.82) is 0 Å². The zero-order valence-corrected chi connectivity index (χ0v) is 8.43. The van der Waals surface area contributed by atoms with E-state index in [4.69, 9.17) is 4.84 Å². The Morgan fingerprint density at radius 1 is 1.36 bits per heavy atom. The lowest BCUT2D eigenvalue weighted by Crippen LogP contribution is -2.51. The second kappa shape index (κ2) is 4.04. The maximum absolute atomic E-state index is 5.24. The predicted molar refractivity (Wildman–Crippen MR) is 47.1 cm³/mol. The molecule has 0 aromatic rings. The van der Waals surface area contributed by atoms with Gasteiger partial charge in [-0.3, -0.25) is 0 Å². The maximum Gasteiger partial charge on any atom is 0.0818 e. The molecule has 0 bridgehead atoms. The molecule has 0 aromatic carbocycles. The molecule has 0 saturated heterocycles. The van der Waals surface area contributed by atoms with Gasteiger partial charge in [0.25, 0.3) is 0 Å². The molecular formula is C8H20N2O. The van der Waals surface area contributed by atoms with E-state index in [0.29, 0.717) is 0 Å². The van der Waals surface area contributed by atoms with Crippen molar-refractivity contribution >= 4 is 0 Å². The normalized spacial score (nSPS) is 15.5. The van der Waals surface area contributed by atoms with Crippen molar-refractivity contribution in [1.82, 2.24) is 10.4 Å². The summed E-state index contributed by atoms with van der Waals surface area (Å²) in [6, 6.07) is 0. The van der Waals surface area contributed by atoms with Crippen LogP contribution in [0.3, 0.4) is 0 Å². The van der Waals surface area contributed by atoms with E-state index < -0.39 is 0 Å². The Morgan fingerprint density at radius 2 is 1.82 bits per heavy atom. The molecule has 0 aliphatic rings. The Labute approximate surface area is 69.7 Å². The van der Waals surface area contributed by atoms with Gasteiger partial charge in [0.15, 0.2) is 0 Å². The van der Waals surface area contributed by atoms with Crippen LogP contribution in [-0.2, 0) is 4.84 Å². The van der Waals surface area contributed by atoms with Gasteiger partial charge in [0, 0.05) is 5.54 Å². The number of nitrogens with zero attached hydrogens (tertiary/aromatic N) is 1. The summed E-state index contributed by atoms with van der Waals surface area (Å²) in [5.41, 5.74) is 0.0389. The zero-order chi connectivity index (χ0) is 9.07. The van der Waals surface area contributed by atoms with Crippen LogP contribution < -0.4 is 5.32 Å². The van der Waals surface area contributed by atoms with Crippen molar-refractivity contribution in [2.24, 2.45) is 0 Å². The zero-order valence-electron chi connectivity index (χ0n) is 8.43. The number of hydrogen-bond acceptors (Lipinski definition) is 3. The average molecular weight is 160 g/mol. The molecule has 11 heavy (non-hydrogen) atoms. The molecule has 0 heterocycles. The summed E-state index contributed by atoms with van der Waals surface area (Å²) in [4.78, 5) is 5.24. The second-order valence-electron chi connectivity index (χ2n) is 3.64. The summed E-state index contributed by atoms with van der Waals surface area (Å²) >= 11 is 0. The van der Waals surface area contributed by atoms with Crippen LogP contribution in [-0.4, -0.2) is 30.9 Å². The Bertz CT molecular complexity index is 109.